The summed E-state index contributed by atoms with van der Waals surface area (Å²) in [6.07, 6.45) is 3.54. The van der Waals surface area contributed by atoms with E-state index in [0.717, 1.165) is 5.13 Å². The number of carbonyl (C=O) groups excluding carboxylic acids is 1. The van der Waals surface area contributed by atoms with E-state index in [9.17, 15) is 4.79 Å². The van der Waals surface area contributed by atoms with Crippen molar-refractivity contribution in [3.8, 4) is 0 Å². The first kappa shape index (κ1) is 15.9. The number of aromatic nitrogens is 1. The van der Waals surface area contributed by atoms with Crippen LogP contribution in [0.4, 0.5) is 5.13 Å². The highest BCUT2D eigenvalue weighted by Gasteiger charge is 2.16. The van der Waals surface area contributed by atoms with Gasteiger partial charge < -0.3 is 4.90 Å². The molecule has 7 heteroatoms. The Morgan fingerprint density at radius 2 is 2.14 bits per heavy atom. The van der Waals surface area contributed by atoms with Crippen molar-refractivity contribution in [2.75, 3.05) is 14.1 Å². The predicted octanol–water partition coefficient (Wildman–Crippen LogP) is 3.45. The van der Waals surface area contributed by atoms with E-state index in [0.29, 0.717) is 15.6 Å². The molecular weight excluding hydrogens is 329 g/mol. The molecule has 0 bridgehead atoms. The van der Waals surface area contributed by atoms with Gasteiger partial charge in [0.25, 0.3) is 0 Å². The molecular formula is C14H14Cl2N3OS+. The van der Waals surface area contributed by atoms with Gasteiger partial charge in [-0.3, -0.25) is 4.79 Å². The summed E-state index contributed by atoms with van der Waals surface area (Å²) in [4.78, 5) is 18.5. The van der Waals surface area contributed by atoms with Gasteiger partial charge in [-0.05, 0) is 23.2 Å². The van der Waals surface area contributed by atoms with Crippen LogP contribution in [0.5, 0.6) is 0 Å². The molecule has 4 nitrogen and oxygen atoms in total. The lowest BCUT2D eigenvalue weighted by Gasteiger charge is -2.02. The molecule has 0 atom stereocenters. The number of carbonyl (C=O) groups is 1. The maximum Gasteiger partial charge on any atom is 0.384 e. The van der Waals surface area contributed by atoms with Gasteiger partial charge >= 0.3 is 5.13 Å². The van der Waals surface area contributed by atoms with Crippen molar-refractivity contribution < 1.29 is 9.36 Å². The molecule has 0 aliphatic heterocycles. The largest absolute Gasteiger partial charge is 0.384 e. The van der Waals surface area contributed by atoms with E-state index in [2.05, 4.69) is 4.99 Å². The average Bonchev–Trinajstić information content (AvgIpc) is 2.86. The van der Waals surface area contributed by atoms with E-state index in [4.69, 9.17) is 23.2 Å². The summed E-state index contributed by atoms with van der Waals surface area (Å²) in [5, 5.41) is 3.47. The number of rotatable bonds is 5. The van der Waals surface area contributed by atoms with Gasteiger partial charge in [0.15, 0.2) is 6.54 Å². The monoisotopic (exact) mass is 342 g/mol. The smallest absolute Gasteiger partial charge is 0.348 e. The zero-order valence-electron chi connectivity index (χ0n) is 11.6. The highest BCUT2D eigenvalue weighted by Crippen LogP contribution is 2.23. The molecule has 0 amide bonds. The molecule has 2 rings (SSSR count). The van der Waals surface area contributed by atoms with Crippen LogP contribution in [0.2, 0.25) is 10.0 Å². The number of nitrogens with zero attached hydrogens (tertiary/aromatic N) is 3. The topological polar surface area (TPSA) is 36.5 Å². The summed E-state index contributed by atoms with van der Waals surface area (Å²) in [6.45, 7) is 0.210. The van der Waals surface area contributed by atoms with Gasteiger partial charge in [-0.15, -0.1) is 0 Å². The summed E-state index contributed by atoms with van der Waals surface area (Å²) in [5.74, 6) is -0.0433. The van der Waals surface area contributed by atoms with Crippen LogP contribution in [0.1, 0.15) is 10.4 Å². The average molecular weight is 343 g/mol. The molecule has 0 saturated heterocycles. The van der Waals surface area contributed by atoms with Crippen LogP contribution >= 0.6 is 34.5 Å². The Labute approximate surface area is 137 Å². The zero-order valence-corrected chi connectivity index (χ0v) is 13.9. The standard InChI is InChI=1S/C14H14Cl2N3OS/c1-18(2)9-17-14-19(5-6-21-14)8-13(20)10-3-4-11(15)12(16)7-10/h3-7,9H,8H2,1-2H3/q+1. The summed E-state index contributed by atoms with van der Waals surface area (Å²) < 4.78 is 1.80. The number of hydrogen-bond donors (Lipinski definition) is 0. The van der Waals surface area contributed by atoms with Gasteiger partial charge in [0.2, 0.25) is 12.1 Å². The van der Waals surface area contributed by atoms with Crippen LogP contribution in [0.15, 0.2) is 34.8 Å². The van der Waals surface area contributed by atoms with E-state index in [1.807, 2.05) is 30.6 Å². The van der Waals surface area contributed by atoms with Crippen LogP contribution in [0.25, 0.3) is 0 Å². The van der Waals surface area contributed by atoms with Crippen molar-refractivity contribution in [3.63, 3.8) is 0 Å². The van der Waals surface area contributed by atoms with Crippen LogP contribution in [0.3, 0.4) is 0 Å². The third kappa shape index (κ3) is 4.27. The van der Waals surface area contributed by atoms with Gasteiger partial charge in [-0.25, -0.2) is 4.57 Å². The second-order valence-corrected chi connectivity index (χ2v) is 6.26. The number of ketones is 1. The molecule has 2 aromatic rings. The molecule has 0 N–H and O–H groups in total. The van der Waals surface area contributed by atoms with Gasteiger partial charge in [-0.2, -0.15) is 0 Å². The molecule has 0 aliphatic carbocycles. The van der Waals surface area contributed by atoms with E-state index in [-0.39, 0.29) is 12.3 Å². The Morgan fingerprint density at radius 1 is 1.38 bits per heavy atom. The third-order valence-electron chi connectivity index (χ3n) is 2.61. The fraction of sp³-hybridized carbons (Fsp3) is 0.214. The fourth-order valence-corrected chi connectivity index (χ4v) is 2.60. The molecule has 0 saturated carbocycles. The lowest BCUT2D eigenvalue weighted by molar-refractivity contribution is -0.665. The lowest BCUT2D eigenvalue weighted by atomic mass is 10.1. The second kappa shape index (κ2) is 7.02. The van der Waals surface area contributed by atoms with Crippen molar-refractivity contribution in [2.45, 2.75) is 6.54 Å². The van der Waals surface area contributed by atoms with Crippen molar-refractivity contribution in [1.29, 1.82) is 0 Å². The van der Waals surface area contributed by atoms with Crippen molar-refractivity contribution in [3.05, 3.63) is 45.4 Å². The summed E-state index contributed by atoms with van der Waals surface area (Å²) >= 11 is 13.3. The highest BCUT2D eigenvalue weighted by atomic mass is 35.5. The number of halogens is 2. The number of hydrogen-bond acceptors (Lipinski definition) is 3. The summed E-state index contributed by atoms with van der Waals surface area (Å²) in [5.41, 5.74) is 0.533. The number of benzene rings is 1. The first-order valence-corrected chi connectivity index (χ1v) is 7.76. The Balaban J connectivity index is 2.16. The van der Waals surface area contributed by atoms with Gasteiger partial charge in [0.1, 0.15) is 6.20 Å². The molecule has 0 spiro atoms. The van der Waals surface area contributed by atoms with Crippen molar-refractivity contribution >= 4 is 51.8 Å². The molecule has 0 radical (unpaired) electrons. The number of thiazole rings is 1. The number of aliphatic imine (C=N–C) groups is 1. The Kier molecular flexibility index (Phi) is 5.33. The maximum absolute atomic E-state index is 12.3. The summed E-state index contributed by atoms with van der Waals surface area (Å²) in [6, 6.07) is 4.88. The highest BCUT2D eigenvalue weighted by molar-refractivity contribution is 7.12. The molecule has 1 aromatic heterocycles. The molecule has 0 fully saturated rings. The molecule has 1 aromatic carbocycles. The van der Waals surface area contributed by atoms with Crippen LogP contribution in [-0.2, 0) is 6.54 Å². The molecule has 0 unspecified atom stereocenters. The maximum atomic E-state index is 12.3. The predicted molar refractivity (Wildman–Crippen MR) is 87.1 cm³/mol. The summed E-state index contributed by atoms with van der Waals surface area (Å²) in [7, 11) is 3.78. The van der Waals surface area contributed by atoms with E-state index >= 15 is 0 Å². The zero-order chi connectivity index (χ0) is 15.4. The van der Waals surface area contributed by atoms with Gasteiger partial charge in [0.05, 0.1) is 10.0 Å². The van der Waals surface area contributed by atoms with Crippen molar-refractivity contribution in [1.82, 2.24) is 4.90 Å². The normalized spacial score (nSPS) is 11.0. The van der Waals surface area contributed by atoms with E-state index in [1.54, 1.807) is 29.1 Å². The molecule has 1 heterocycles. The Morgan fingerprint density at radius 3 is 2.81 bits per heavy atom. The van der Waals surface area contributed by atoms with Crippen molar-refractivity contribution in [2.24, 2.45) is 4.99 Å². The third-order valence-corrected chi connectivity index (χ3v) is 4.16. The molecule has 21 heavy (non-hydrogen) atoms. The molecule has 110 valence electrons. The van der Waals surface area contributed by atoms with Crippen LogP contribution in [0, 0.1) is 0 Å². The minimum Gasteiger partial charge on any atom is -0.348 e. The minimum absolute atomic E-state index is 0.0433. The fourth-order valence-electron chi connectivity index (χ4n) is 1.60. The van der Waals surface area contributed by atoms with Gasteiger partial charge in [0, 0.05) is 25.0 Å². The number of Topliss-reactive ketones (excluding diaryl/α,β-unsaturated/α-hetero) is 1. The quantitative estimate of drug-likeness (QED) is 0.361. The lowest BCUT2D eigenvalue weighted by Crippen LogP contribution is -2.36. The molecule has 0 aliphatic rings. The first-order chi connectivity index (χ1) is 9.97. The SMILES string of the molecule is CN(C)C=Nc1scc[n+]1CC(=O)c1ccc(Cl)c(Cl)c1. The minimum atomic E-state index is -0.0433. The van der Waals surface area contributed by atoms with E-state index in [1.165, 1.54) is 11.3 Å². The van der Waals surface area contributed by atoms with Crippen LogP contribution in [-0.4, -0.2) is 31.1 Å². The second-order valence-electron chi connectivity index (χ2n) is 4.57. The van der Waals surface area contributed by atoms with Gasteiger partial charge in [-0.1, -0.05) is 34.5 Å². The Bertz CT molecular complexity index is 683. The van der Waals surface area contributed by atoms with E-state index < -0.39 is 0 Å². The van der Waals surface area contributed by atoms with Crippen LogP contribution < -0.4 is 4.57 Å². The first-order valence-electron chi connectivity index (χ1n) is 6.13. The Hall–Kier alpha value is -1.43.